The van der Waals surface area contributed by atoms with Crippen LogP contribution in [0.2, 0.25) is 0 Å². The average Bonchev–Trinajstić information content (AvgIpc) is 3.44. The number of sulfonamides is 2. The van der Waals surface area contributed by atoms with Gasteiger partial charge in [-0.2, -0.15) is 8.42 Å². The number of carbonyl (C=O) groups excluding carboxylic acids is 2. The number of hydrogen-bond donors (Lipinski definition) is 3. The molecular weight excluding hydrogens is 612 g/mol. The summed E-state index contributed by atoms with van der Waals surface area (Å²) in [6.45, 7) is 0.745. The molecule has 42 heavy (non-hydrogen) atoms. The van der Waals surface area contributed by atoms with Gasteiger partial charge in [-0.1, -0.05) is 14.9 Å². The minimum absolute atomic E-state index is 0. The fraction of sp³-hybridized carbons (Fsp3) is 0.440. The normalized spacial score (nSPS) is 19.0. The van der Waals surface area contributed by atoms with Crippen LogP contribution in [0.1, 0.15) is 27.7 Å². The molecule has 2 fully saturated rings. The van der Waals surface area contributed by atoms with Crippen LogP contribution in [0.5, 0.6) is 0 Å². The maximum absolute atomic E-state index is 12.1. The molecule has 0 aromatic heterocycles. The lowest BCUT2D eigenvalue weighted by Gasteiger charge is -2.17. The van der Waals surface area contributed by atoms with Crippen molar-refractivity contribution in [1.82, 2.24) is 9.44 Å². The number of benzene rings is 2. The van der Waals surface area contributed by atoms with Crippen LogP contribution in [-0.2, 0) is 43.9 Å². The third-order valence-corrected chi connectivity index (χ3v) is 9.52. The number of carbonyl (C=O) groups is 2. The lowest BCUT2D eigenvalue weighted by atomic mass is 10.3. The van der Waals surface area contributed by atoms with E-state index in [1.807, 2.05) is 0 Å². The zero-order valence-corrected chi connectivity index (χ0v) is 24.3. The zero-order chi connectivity index (χ0) is 29.9. The topological polar surface area (TPSA) is 197 Å². The van der Waals surface area contributed by atoms with Crippen molar-refractivity contribution in [2.75, 3.05) is 43.2 Å². The number of hydrogen-bond acceptors (Lipinski definition) is 10. The van der Waals surface area contributed by atoms with Crippen LogP contribution in [0.4, 0.5) is 11.4 Å². The van der Waals surface area contributed by atoms with Gasteiger partial charge in [0.2, 0.25) is 20.0 Å². The molecule has 17 heteroatoms. The van der Waals surface area contributed by atoms with E-state index in [4.69, 9.17) is 4.18 Å². The van der Waals surface area contributed by atoms with Crippen LogP contribution in [0.25, 0.3) is 0 Å². The minimum Gasteiger partial charge on any atom is -0.383 e. The van der Waals surface area contributed by atoms with Crippen LogP contribution in [0, 0.1) is 0 Å². The molecule has 236 valence electrons. The van der Waals surface area contributed by atoms with Gasteiger partial charge < -0.3 is 14.9 Å². The molecule has 2 heterocycles. The molecule has 0 radical (unpaired) electrons. The average molecular weight is 651 g/mol. The molecule has 2 atom stereocenters. The van der Waals surface area contributed by atoms with Gasteiger partial charge in [-0.15, -0.1) is 0 Å². The van der Waals surface area contributed by atoms with E-state index in [2.05, 4.69) is 9.44 Å². The summed E-state index contributed by atoms with van der Waals surface area (Å²) < 4.78 is 77.6. The summed E-state index contributed by atoms with van der Waals surface area (Å²) in [5.74, 6) is -0.811. The molecule has 2 aromatic rings. The molecule has 2 unspecified atom stereocenters. The van der Waals surface area contributed by atoms with Crippen molar-refractivity contribution in [3.63, 3.8) is 0 Å². The fourth-order valence-electron chi connectivity index (χ4n) is 3.98. The molecule has 2 aromatic carbocycles. The summed E-state index contributed by atoms with van der Waals surface area (Å²) in [6.07, 6.45) is -0.445. The molecule has 2 amide bonds. The second-order valence-electron chi connectivity index (χ2n) is 8.76. The number of nitrogens with zero attached hydrogens (tertiary/aromatic N) is 2. The summed E-state index contributed by atoms with van der Waals surface area (Å²) in [5, 5.41) is 9.35. The highest BCUT2D eigenvalue weighted by Gasteiger charge is 2.36. The van der Waals surface area contributed by atoms with Crippen LogP contribution >= 0.6 is 0 Å². The number of aliphatic hydroxyl groups excluding tert-OH is 1. The predicted molar refractivity (Wildman–Crippen MR) is 159 cm³/mol. The molecule has 14 nitrogen and oxygen atoms in total. The Morgan fingerprint density at radius 2 is 1.10 bits per heavy atom. The van der Waals surface area contributed by atoms with Crippen molar-refractivity contribution in [3.05, 3.63) is 48.5 Å². The monoisotopic (exact) mass is 650 g/mol. The van der Waals surface area contributed by atoms with Crippen molar-refractivity contribution in [3.8, 4) is 0 Å². The van der Waals surface area contributed by atoms with Crippen molar-refractivity contribution < 1.29 is 44.1 Å². The van der Waals surface area contributed by atoms with Crippen molar-refractivity contribution in [1.29, 1.82) is 0 Å². The summed E-state index contributed by atoms with van der Waals surface area (Å²) >= 11 is 0. The highest BCUT2D eigenvalue weighted by atomic mass is 32.2. The van der Waals surface area contributed by atoms with Gasteiger partial charge in [0.1, 0.15) is 6.10 Å². The van der Waals surface area contributed by atoms with Gasteiger partial charge in [0, 0.05) is 37.3 Å². The van der Waals surface area contributed by atoms with Gasteiger partial charge in [0.05, 0.1) is 16.0 Å². The quantitative estimate of drug-likeness (QED) is 0.341. The van der Waals surface area contributed by atoms with Crippen molar-refractivity contribution in [2.24, 2.45) is 0 Å². The molecular formula is C25H38N4O10S3. The first-order chi connectivity index (χ1) is 18.6. The van der Waals surface area contributed by atoms with E-state index in [1.165, 1.54) is 60.3 Å². The smallest absolute Gasteiger partial charge is 0.265 e. The van der Waals surface area contributed by atoms with Crippen LogP contribution in [-0.4, -0.2) is 87.8 Å². The maximum Gasteiger partial charge on any atom is 0.265 e. The van der Waals surface area contributed by atoms with Crippen molar-refractivity contribution in [2.45, 2.75) is 49.7 Å². The van der Waals surface area contributed by atoms with E-state index in [0.29, 0.717) is 30.9 Å². The highest BCUT2D eigenvalue weighted by molar-refractivity contribution is 7.89. The van der Waals surface area contributed by atoms with E-state index >= 15 is 0 Å². The van der Waals surface area contributed by atoms with E-state index in [9.17, 15) is 39.9 Å². The largest absolute Gasteiger partial charge is 0.383 e. The Bertz CT molecular complexity index is 1560. The standard InChI is InChI=1S/C12H16N2O6S2.C11H14N2O4S.2CH4/c1-13-22(18,19)10-5-3-9(4-6-10)14-8-7-11(12(14)15)20-21(2,16)17;1-12-18(16,17)9-4-2-8(3-5-9)13-7-6-10(14)11(13)15;;/h3-6,11,13H,7-8H2,1-2H3;2-5,10,12,14H,6-7H2,1H3;2*1H4. The number of amides is 2. The second kappa shape index (κ2) is 14.5. The Morgan fingerprint density at radius 1 is 0.714 bits per heavy atom. The second-order valence-corrected chi connectivity index (χ2v) is 14.1. The van der Waals surface area contributed by atoms with Crippen LogP contribution in [0.15, 0.2) is 58.3 Å². The summed E-state index contributed by atoms with van der Waals surface area (Å²) in [4.78, 5) is 26.7. The molecule has 0 saturated carbocycles. The van der Waals surface area contributed by atoms with Gasteiger partial charge in [-0.05, 0) is 62.6 Å². The summed E-state index contributed by atoms with van der Waals surface area (Å²) in [7, 11) is -8.08. The number of anilines is 2. The predicted octanol–water partition coefficient (Wildman–Crippen LogP) is 0.641. The number of aliphatic hydroxyl groups is 1. The first kappa shape index (κ1) is 37.1. The van der Waals surface area contributed by atoms with Crippen LogP contribution < -0.4 is 19.2 Å². The molecule has 0 aliphatic carbocycles. The fourth-order valence-corrected chi connectivity index (χ4v) is 6.04. The molecule has 2 aliphatic heterocycles. The summed E-state index contributed by atoms with van der Waals surface area (Å²) in [6, 6.07) is 11.7. The van der Waals surface area contributed by atoms with E-state index in [0.717, 1.165) is 6.26 Å². The highest BCUT2D eigenvalue weighted by Crippen LogP contribution is 2.25. The molecule has 3 N–H and O–H groups in total. The Hall–Kier alpha value is -2.93. The first-order valence-electron chi connectivity index (χ1n) is 11.9. The lowest BCUT2D eigenvalue weighted by molar-refractivity contribution is -0.124. The SMILES string of the molecule is C.C.CNS(=O)(=O)c1ccc(N2CCC(O)C2=O)cc1.CNS(=O)(=O)c1ccc(N2CCC(OS(C)(=O)=O)C2=O)cc1. The zero-order valence-electron chi connectivity index (χ0n) is 21.8. The number of rotatable bonds is 8. The van der Waals surface area contributed by atoms with Gasteiger partial charge in [0.25, 0.3) is 21.9 Å². The molecule has 2 aliphatic rings. The maximum atomic E-state index is 12.1. The third-order valence-electron chi connectivity index (χ3n) is 6.08. The Labute approximate surface area is 247 Å². The molecule has 4 rings (SSSR count). The number of nitrogens with one attached hydrogen (secondary N) is 2. The van der Waals surface area contributed by atoms with Crippen molar-refractivity contribution >= 4 is 53.4 Å². The third kappa shape index (κ3) is 8.79. The van der Waals surface area contributed by atoms with Gasteiger partial charge in [0.15, 0.2) is 6.10 Å². The first-order valence-corrected chi connectivity index (χ1v) is 16.6. The Morgan fingerprint density at radius 3 is 1.43 bits per heavy atom. The minimum atomic E-state index is -3.71. The summed E-state index contributed by atoms with van der Waals surface area (Å²) in [5.41, 5.74) is 1.08. The van der Waals surface area contributed by atoms with E-state index < -0.39 is 48.3 Å². The molecule has 0 spiro atoms. The Kier molecular flexibility index (Phi) is 12.8. The lowest BCUT2D eigenvalue weighted by Crippen LogP contribution is -2.31. The van der Waals surface area contributed by atoms with E-state index in [1.54, 1.807) is 12.1 Å². The van der Waals surface area contributed by atoms with Gasteiger partial charge >= 0.3 is 0 Å². The van der Waals surface area contributed by atoms with Gasteiger partial charge in [-0.25, -0.2) is 26.3 Å². The molecule has 2 saturated heterocycles. The van der Waals surface area contributed by atoms with Gasteiger partial charge in [-0.3, -0.25) is 13.8 Å². The van der Waals surface area contributed by atoms with Crippen LogP contribution in [0.3, 0.4) is 0 Å². The Balaban J connectivity index is 0.000000408. The molecule has 0 bridgehead atoms. The van der Waals surface area contributed by atoms with E-state index in [-0.39, 0.29) is 37.0 Å².